The number of hydrogen-bond donors (Lipinski definition) is 1. The third kappa shape index (κ3) is 3.61. The number of hydrogen-bond acceptors (Lipinski definition) is 1. The van der Waals surface area contributed by atoms with E-state index in [1.54, 1.807) is 6.07 Å². The predicted molar refractivity (Wildman–Crippen MR) is 88.8 cm³/mol. The molecule has 1 N–H and O–H groups in total. The minimum atomic E-state index is -0.282. The average Bonchev–Trinajstić information content (AvgIpc) is 2.42. The molecule has 0 fully saturated rings. The first-order chi connectivity index (χ1) is 9.52. The second-order valence-corrected chi connectivity index (χ2v) is 6.51. The highest BCUT2D eigenvalue weighted by Gasteiger charge is 2.18. The van der Waals surface area contributed by atoms with E-state index in [9.17, 15) is 4.39 Å². The Bertz CT molecular complexity index is 602. The molecule has 1 unspecified atom stereocenters. The van der Waals surface area contributed by atoms with Crippen LogP contribution in [0, 0.1) is 5.82 Å². The lowest BCUT2D eigenvalue weighted by Gasteiger charge is -2.20. The van der Waals surface area contributed by atoms with Gasteiger partial charge in [0.1, 0.15) is 5.82 Å². The SMILES string of the molecule is CCNC(c1ccc(Br)cc1)c1cc(Cl)c(Br)cc1F. The predicted octanol–water partition coefficient (Wildman–Crippen LogP) is 5.70. The summed E-state index contributed by atoms with van der Waals surface area (Å²) in [5, 5.41) is 3.79. The van der Waals surface area contributed by atoms with E-state index in [0.717, 1.165) is 16.6 Å². The van der Waals surface area contributed by atoms with Gasteiger partial charge in [-0.15, -0.1) is 0 Å². The van der Waals surface area contributed by atoms with Gasteiger partial charge in [0.25, 0.3) is 0 Å². The largest absolute Gasteiger partial charge is 0.306 e. The van der Waals surface area contributed by atoms with Gasteiger partial charge in [0.15, 0.2) is 0 Å². The molecule has 0 saturated heterocycles. The van der Waals surface area contributed by atoms with E-state index in [4.69, 9.17) is 11.6 Å². The Labute approximate surface area is 139 Å². The second-order valence-electron chi connectivity index (χ2n) is 4.33. The van der Waals surface area contributed by atoms with Gasteiger partial charge in [0, 0.05) is 14.5 Å². The molecule has 20 heavy (non-hydrogen) atoms. The molecular weight excluding hydrogens is 408 g/mol. The van der Waals surface area contributed by atoms with E-state index in [1.807, 2.05) is 31.2 Å². The summed E-state index contributed by atoms with van der Waals surface area (Å²) in [5.41, 5.74) is 1.54. The zero-order chi connectivity index (χ0) is 14.7. The molecule has 0 spiro atoms. The Morgan fingerprint density at radius 2 is 1.85 bits per heavy atom. The quantitative estimate of drug-likeness (QED) is 0.624. The van der Waals surface area contributed by atoms with Crippen molar-refractivity contribution in [2.24, 2.45) is 0 Å². The Kier molecular flexibility index (Phi) is 5.61. The zero-order valence-electron chi connectivity index (χ0n) is 10.8. The van der Waals surface area contributed by atoms with E-state index in [1.165, 1.54) is 6.07 Å². The Hall–Kier alpha value is -0.420. The van der Waals surface area contributed by atoms with E-state index in [2.05, 4.69) is 37.2 Å². The maximum absolute atomic E-state index is 14.2. The Balaban J connectivity index is 2.48. The maximum Gasteiger partial charge on any atom is 0.129 e. The van der Waals surface area contributed by atoms with Gasteiger partial charge in [-0.2, -0.15) is 0 Å². The minimum absolute atomic E-state index is 0.223. The summed E-state index contributed by atoms with van der Waals surface area (Å²) in [6, 6.07) is 10.7. The Morgan fingerprint density at radius 1 is 1.20 bits per heavy atom. The molecule has 5 heteroatoms. The lowest BCUT2D eigenvalue weighted by atomic mass is 9.98. The van der Waals surface area contributed by atoms with Gasteiger partial charge >= 0.3 is 0 Å². The molecule has 106 valence electrons. The van der Waals surface area contributed by atoms with Crippen LogP contribution in [0.2, 0.25) is 5.02 Å². The summed E-state index contributed by atoms with van der Waals surface area (Å²) in [5.74, 6) is -0.282. The normalized spacial score (nSPS) is 12.4. The van der Waals surface area contributed by atoms with Crippen LogP contribution in [0.5, 0.6) is 0 Å². The van der Waals surface area contributed by atoms with Crippen LogP contribution in [-0.2, 0) is 0 Å². The van der Waals surface area contributed by atoms with Crippen LogP contribution in [0.25, 0.3) is 0 Å². The molecule has 0 bridgehead atoms. The standard InChI is InChI=1S/C15H13Br2ClFN/c1-2-20-15(9-3-5-10(16)6-4-9)11-7-13(18)12(17)8-14(11)19/h3-8,15,20H,2H2,1H3. The fraction of sp³-hybridized carbons (Fsp3) is 0.200. The van der Waals surface area contributed by atoms with Crippen molar-refractivity contribution in [1.82, 2.24) is 5.32 Å². The van der Waals surface area contributed by atoms with Gasteiger partial charge < -0.3 is 5.32 Å². The van der Waals surface area contributed by atoms with Crippen molar-refractivity contribution in [2.45, 2.75) is 13.0 Å². The molecule has 0 heterocycles. The molecule has 0 aliphatic rings. The minimum Gasteiger partial charge on any atom is -0.306 e. The van der Waals surface area contributed by atoms with Crippen LogP contribution in [0.15, 0.2) is 45.3 Å². The van der Waals surface area contributed by atoms with Crippen LogP contribution in [0.3, 0.4) is 0 Å². The van der Waals surface area contributed by atoms with Crippen molar-refractivity contribution < 1.29 is 4.39 Å². The van der Waals surface area contributed by atoms with Crippen molar-refractivity contribution in [1.29, 1.82) is 0 Å². The first-order valence-corrected chi connectivity index (χ1v) is 8.12. The topological polar surface area (TPSA) is 12.0 Å². The fourth-order valence-corrected chi connectivity index (χ4v) is 2.78. The summed E-state index contributed by atoms with van der Waals surface area (Å²) in [7, 11) is 0. The maximum atomic E-state index is 14.2. The molecule has 2 rings (SSSR count). The highest BCUT2D eigenvalue weighted by Crippen LogP contribution is 2.32. The van der Waals surface area contributed by atoms with E-state index in [0.29, 0.717) is 15.1 Å². The molecule has 0 aliphatic carbocycles. The van der Waals surface area contributed by atoms with E-state index in [-0.39, 0.29) is 11.9 Å². The van der Waals surface area contributed by atoms with E-state index >= 15 is 0 Å². The molecular formula is C15H13Br2ClFN. The molecule has 0 amide bonds. The third-order valence-corrected chi connectivity index (χ3v) is 4.69. The highest BCUT2D eigenvalue weighted by atomic mass is 79.9. The van der Waals surface area contributed by atoms with E-state index < -0.39 is 0 Å². The van der Waals surface area contributed by atoms with Gasteiger partial charge in [0.2, 0.25) is 0 Å². The molecule has 2 aromatic carbocycles. The summed E-state index contributed by atoms with van der Waals surface area (Å²) >= 11 is 12.7. The smallest absolute Gasteiger partial charge is 0.129 e. The van der Waals surface area contributed by atoms with Crippen LogP contribution in [-0.4, -0.2) is 6.54 Å². The van der Waals surface area contributed by atoms with Gasteiger partial charge in [0.05, 0.1) is 11.1 Å². The van der Waals surface area contributed by atoms with Gasteiger partial charge in [-0.25, -0.2) is 4.39 Å². The van der Waals surface area contributed by atoms with Crippen LogP contribution >= 0.6 is 43.5 Å². The first kappa shape index (κ1) is 16.0. The number of halogens is 4. The zero-order valence-corrected chi connectivity index (χ0v) is 14.7. The first-order valence-electron chi connectivity index (χ1n) is 6.16. The monoisotopic (exact) mass is 419 g/mol. The lowest BCUT2D eigenvalue weighted by Crippen LogP contribution is -2.23. The average molecular weight is 422 g/mol. The number of rotatable bonds is 4. The number of benzene rings is 2. The molecule has 0 aliphatic heterocycles. The van der Waals surface area contributed by atoms with Gasteiger partial charge in [-0.3, -0.25) is 0 Å². The Morgan fingerprint density at radius 3 is 2.45 bits per heavy atom. The molecule has 1 atom stereocenters. The number of nitrogens with one attached hydrogen (secondary N) is 1. The van der Waals surface area contributed by atoms with Gasteiger partial charge in [-0.05, 0) is 52.3 Å². The van der Waals surface area contributed by atoms with Crippen molar-refractivity contribution in [3.8, 4) is 0 Å². The van der Waals surface area contributed by atoms with Crippen LogP contribution < -0.4 is 5.32 Å². The molecule has 0 radical (unpaired) electrons. The molecule has 2 aromatic rings. The summed E-state index contributed by atoms with van der Waals surface area (Å²) in [4.78, 5) is 0. The van der Waals surface area contributed by atoms with Crippen molar-refractivity contribution in [3.63, 3.8) is 0 Å². The third-order valence-electron chi connectivity index (χ3n) is 2.96. The van der Waals surface area contributed by atoms with Crippen LogP contribution in [0.1, 0.15) is 24.1 Å². The fourth-order valence-electron chi connectivity index (χ4n) is 2.03. The second kappa shape index (κ2) is 7.03. The molecule has 0 saturated carbocycles. The summed E-state index contributed by atoms with van der Waals surface area (Å²) in [6.45, 7) is 2.72. The van der Waals surface area contributed by atoms with Crippen molar-refractivity contribution >= 4 is 43.5 Å². The van der Waals surface area contributed by atoms with Crippen LogP contribution in [0.4, 0.5) is 4.39 Å². The molecule has 0 aromatic heterocycles. The van der Waals surface area contributed by atoms with Crippen molar-refractivity contribution in [3.05, 3.63) is 67.3 Å². The van der Waals surface area contributed by atoms with Crippen molar-refractivity contribution in [2.75, 3.05) is 6.54 Å². The summed E-state index contributed by atoms with van der Waals surface area (Å²) < 4.78 is 15.8. The lowest BCUT2D eigenvalue weighted by molar-refractivity contribution is 0.558. The highest BCUT2D eigenvalue weighted by molar-refractivity contribution is 9.10. The summed E-state index contributed by atoms with van der Waals surface area (Å²) in [6.07, 6.45) is 0. The van der Waals surface area contributed by atoms with Gasteiger partial charge in [-0.1, -0.05) is 46.6 Å². The molecule has 1 nitrogen and oxygen atoms in total.